The molecular formula is C15H25P. The quantitative estimate of drug-likeness (QED) is 0.594. The van der Waals surface area contributed by atoms with Gasteiger partial charge in [0, 0.05) is 0 Å². The first-order chi connectivity index (χ1) is 7.61. The van der Waals surface area contributed by atoms with Crippen molar-refractivity contribution in [2.75, 3.05) is 0 Å². The highest BCUT2D eigenvalue weighted by Crippen LogP contribution is 2.65. The highest BCUT2D eigenvalue weighted by molar-refractivity contribution is 7.64. The van der Waals surface area contributed by atoms with Crippen molar-refractivity contribution in [3.05, 3.63) is 23.5 Å². The molecule has 0 amide bonds. The van der Waals surface area contributed by atoms with Crippen molar-refractivity contribution >= 4 is 7.92 Å². The number of rotatable bonds is 3. The Morgan fingerprint density at radius 3 is 2.00 bits per heavy atom. The van der Waals surface area contributed by atoms with E-state index in [4.69, 9.17) is 0 Å². The lowest BCUT2D eigenvalue weighted by Crippen LogP contribution is -2.14. The van der Waals surface area contributed by atoms with E-state index in [1.54, 1.807) is 5.31 Å². The maximum absolute atomic E-state index is 2.49. The van der Waals surface area contributed by atoms with E-state index in [-0.39, 0.29) is 7.92 Å². The SMILES string of the molecule is CC(C)[C@@H]1CC[C@@H](C(C)C)P1C1=CCC=C1. The fraction of sp³-hybridized carbons (Fsp3) is 0.733. The van der Waals surface area contributed by atoms with Crippen LogP contribution in [0.5, 0.6) is 0 Å². The second-order valence-corrected chi connectivity index (χ2v) is 8.53. The second kappa shape index (κ2) is 5.05. The summed E-state index contributed by atoms with van der Waals surface area (Å²) in [5.41, 5.74) is 1.97. The Morgan fingerprint density at radius 1 is 1.06 bits per heavy atom. The third-order valence-corrected chi connectivity index (χ3v) is 8.13. The van der Waals surface area contributed by atoms with Crippen LogP contribution in [0, 0.1) is 11.8 Å². The predicted octanol–water partition coefficient (Wildman–Crippen LogP) is 5.16. The highest BCUT2D eigenvalue weighted by Gasteiger charge is 2.39. The molecule has 0 aromatic carbocycles. The Labute approximate surface area is 102 Å². The molecule has 1 aliphatic heterocycles. The summed E-state index contributed by atoms with van der Waals surface area (Å²) < 4.78 is 0. The van der Waals surface area contributed by atoms with Gasteiger partial charge in [-0.2, -0.15) is 0 Å². The van der Waals surface area contributed by atoms with Crippen molar-refractivity contribution in [1.82, 2.24) is 0 Å². The molecule has 1 fully saturated rings. The van der Waals surface area contributed by atoms with Gasteiger partial charge in [-0.1, -0.05) is 53.8 Å². The molecule has 1 heteroatoms. The van der Waals surface area contributed by atoms with Crippen molar-refractivity contribution in [2.45, 2.75) is 58.3 Å². The van der Waals surface area contributed by atoms with E-state index in [1.807, 2.05) is 0 Å². The van der Waals surface area contributed by atoms with E-state index < -0.39 is 0 Å². The van der Waals surface area contributed by atoms with Crippen LogP contribution in [-0.4, -0.2) is 11.3 Å². The first-order valence-corrected chi connectivity index (χ1v) is 8.24. The summed E-state index contributed by atoms with van der Waals surface area (Å²) in [7, 11) is 0.122. The molecule has 0 aromatic rings. The van der Waals surface area contributed by atoms with Crippen LogP contribution in [0.3, 0.4) is 0 Å². The van der Waals surface area contributed by atoms with Gasteiger partial charge in [-0.05, 0) is 47.7 Å². The second-order valence-electron chi connectivity index (χ2n) is 5.87. The molecule has 0 aromatic heterocycles. The van der Waals surface area contributed by atoms with Gasteiger partial charge in [-0.25, -0.2) is 0 Å². The standard InChI is InChI=1S/C15H25P/c1-11(2)14-9-10-15(12(3)4)16(14)13-7-5-6-8-13/h5,7-8,11-12,14-15H,6,9-10H2,1-4H3/t14-,15-/m0/s1. The summed E-state index contributed by atoms with van der Waals surface area (Å²) in [5.74, 6) is 1.73. The van der Waals surface area contributed by atoms with Crippen molar-refractivity contribution in [3.63, 3.8) is 0 Å². The van der Waals surface area contributed by atoms with Crippen LogP contribution in [0.25, 0.3) is 0 Å². The fourth-order valence-electron chi connectivity index (χ4n) is 3.19. The van der Waals surface area contributed by atoms with E-state index in [0.29, 0.717) is 0 Å². The minimum Gasteiger partial charge on any atom is -0.0801 e. The smallest absolute Gasteiger partial charge is 0.0143 e. The Kier molecular flexibility index (Phi) is 3.90. The summed E-state index contributed by atoms with van der Waals surface area (Å²) in [5, 5.41) is 1.71. The maximum Gasteiger partial charge on any atom is -0.0143 e. The fourth-order valence-corrected chi connectivity index (χ4v) is 7.19. The zero-order chi connectivity index (χ0) is 11.7. The third-order valence-electron chi connectivity index (χ3n) is 4.06. The first kappa shape index (κ1) is 12.4. The molecule has 0 N–H and O–H groups in total. The summed E-state index contributed by atoms with van der Waals surface area (Å²) in [6, 6.07) is 0. The van der Waals surface area contributed by atoms with Crippen LogP contribution >= 0.6 is 7.92 Å². The Balaban J connectivity index is 2.21. The van der Waals surface area contributed by atoms with Gasteiger partial charge in [-0.3, -0.25) is 0 Å². The Morgan fingerprint density at radius 2 is 1.62 bits per heavy atom. The van der Waals surface area contributed by atoms with Crippen LogP contribution in [0.15, 0.2) is 23.5 Å². The molecule has 16 heavy (non-hydrogen) atoms. The number of hydrogen-bond donors (Lipinski definition) is 0. The molecular weight excluding hydrogens is 211 g/mol. The van der Waals surface area contributed by atoms with Crippen molar-refractivity contribution < 1.29 is 0 Å². The predicted molar refractivity (Wildman–Crippen MR) is 75.2 cm³/mol. The normalized spacial score (nSPS) is 30.8. The van der Waals surface area contributed by atoms with Crippen LogP contribution in [0.1, 0.15) is 47.0 Å². The third kappa shape index (κ3) is 2.28. The average molecular weight is 236 g/mol. The van der Waals surface area contributed by atoms with Crippen LogP contribution < -0.4 is 0 Å². The van der Waals surface area contributed by atoms with Crippen LogP contribution in [-0.2, 0) is 0 Å². The molecule has 1 heterocycles. The zero-order valence-corrected chi connectivity index (χ0v) is 12.0. The molecule has 2 atom stereocenters. The van der Waals surface area contributed by atoms with E-state index in [2.05, 4.69) is 45.9 Å². The topological polar surface area (TPSA) is 0 Å². The molecule has 1 saturated heterocycles. The van der Waals surface area contributed by atoms with Crippen molar-refractivity contribution in [2.24, 2.45) is 11.8 Å². The molecule has 0 unspecified atom stereocenters. The van der Waals surface area contributed by atoms with Gasteiger partial charge in [0.15, 0.2) is 0 Å². The first-order valence-electron chi connectivity index (χ1n) is 6.76. The summed E-state index contributed by atoms with van der Waals surface area (Å²) in [6.45, 7) is 9.67. The largest absolute Gasteiger partial charge is 0.0801 e. The van der Waals surface area contributed by atoms with E-state index in [9.17, 15) is 0 Å². The monoisotopic (exact) mass is 236 g/mol. The van der Waals surface area contributed by atoms with E-state index in [1.165, 1.54) is 19.3 Å². The maximum atomic E-state index is 2.49. The minimum absolute atomic E-state index is 0.122. The average Bonchev–Trinajstić information content (AvgIpc) is 2.85. The minimum atomic E-state index is 0.122. The summed E-state index contributed by atoms with van der Waals surface area (Å²) in [4.78, 5) is 0. The van der Waals surface area contributed by atoms with Crippen LogP contribution in [0.4, 0.5) is 0 Å². The van der Waals surface area contributed by atoms with Gasteiger partial charge in [0.25, 0.3) is 0 Å². The molecule has 0 bridgehead atoms. The molecule has 0 saturated carbocycles. The van der Waals surface area contributed by atoms with Gasteiger partial charge in [0.2, 0.25) is 0 Å². The lowest BCUT2D eigenvalue weighted by atomic mass is 10.0. The molecule has 0 nitrogen and oxygen atoms in total. The highest BCUT2D eigenvalue weighted by atomic mass is 31.1. The molecule has 90 valence electrons. The number of hydrogen-bond acceptors (Lipinski definition) is 0. The lowest BCUT2D eigenvalue weighted by molar-refractivity contribution is 0.543. The van der Waals surface area contributed by atoms with Crippen molar-refractivity contribution in [1.29, 1.82) is 0 Å². The summed E-state index contributed by atoms with van der Waals surface area (Å²) in [6.07, 6.45) is 11.4. The van der Waals surface area contributed by atoms with Gasteiger partial charge in [-0.15, -0.1) is 0 Å². The Bertz CT molecular complexity index is 283. The molecule has 2 rings (SSSR count). The van der Waals surface area contributed by atoms with Gasteiger partial charge < -0.3 is 0 Å². The van der Waals surface area contributed by atoms with Gasteiger partial charge in [0.05, 0.1) is 0 Å². The summed E-state index contributed by atoms with van der Waals surface area (Å²) >= 11 is 0. The lowest BCUT2D eigenvalue weighted by Gasteiger charge is -2.31. The molecule has 1 aliphatic carbocycles. The number of allylic oxidation sites excluding steroid dienone is 4. The van der Waals surface area contributed by atoms with Gasteiger partial charge in [0.1, 0.15) is 0 Å². The van der Waals surface area contributed by atoms with E-state index in [0.717, 1.165) is 23.2 Å². The Hall–Kier alpha value is -0.0900. The molecule has 2 aliphatic rings. The zero-order valence-electron chi connectivity index (χ0n) is 11.1. The van der Waals surface area contributed by atoms with E-state index >= 15 is 0 Å². The van der Waals surface area contributed by atoms with Crippen molar-refractivity contribution in [3.8, 4) is 0 Å². The molecule has 0 radical (unpaired) electrons. The molecule has 0 spiro atoms. The van der Waals surface area contributed by atoms with Gasteiger partial charge >= 0.3 is 0 Å². The van der Waals surface area contributed by atoms with Crippen LogP contribution in [0.2, 0.25) is 0 Å².